The topological polar surface area (TPSA) is 18.5 Å². The minimum atomic E-state index is 0.211. The first-order chi connectivity index (χ1) is 7.61. The zero-order valence-corrected chi connectivity index (χ0v) is 10.3. The van der Waals surface area contributed by atoms with Crippen molar-refractivity contribution in [1.29, 1.82) is 0 Å². The average Bonchev–Trinajstić information content (AvgIpc) is 2.26. The van der Waals surface area contributed by atoms with Gasteiger partial charge in [-0.15, -0.1) is 0 Å². The highest BCUT2D eigenvalue weighted by atomic mass is 16.5. The second-order valence-electron chi connectivity index (χ2n) is 4.05. The Balaban J connectivity index is 2.39. The quantitative estimate of drug-likeness (QED) is 0.682. The van der Waals surface area contributed by atoms with E-state index >= 15 is 0 Å². The van der Waals surface area contributed by atoms with Gasteiger partial charge in [0.15, 0.2) is 0 Å². The average molecular weight is 220 g/mol. The van der Waals surface area contributed by atoms with Gasteiger partial charge in [-0.2, -0.15) is 0 Å². The number of aryl methyl sites for hydroxylation is 1. The molecule has 88 valence electrons. The molecule has 0 heterocycles. The van der Waals surface area contributed by atoms with Crippen LogP contribution in [0.5, 0.6) is 5.75 Å². The highest BCUT2D eigenvalue weighted by molar-refractivity contribution is 5.27. The van der Waals surface area contributed by atoms with Crippen LogP contribution in [0.25, 0.3) is 0 Å². The number of benzene rings is 1. The molecule has 0 radical (unpaired) electrons. The van der Waals surface area contributed by atoms with Crippen LogP contribution in [0.1, 0.15) is 25.8 Å². The second-order valence-corrected chi connectivity index (χ2v) is 4.05. The summed E-state index contributed by atoms with van der Waals surface area (Å²) in [6.45, 7) is 7.92. The molecule has 0 aliphatic heterocycles. The van der Waals surface area contributed by atoms with Crippen LogP contribution < -0.4 is 4.74 Å². The van der Waals surface area contributed by atoms with Crippen LogP contribution in [0.15, 0.2) is 36.6 Å². The number of allylic oxidation sites excluding steroid dienone is 1. The van der Waals surface area contributed by atoms with Gasteiger partial charge in [0.2, 0.25) is 0 Å². The van der Waals surface area contributed by atoms with Gasteiger partial charge >= 0.3 is 0 Å². The van der Waals surface area contributed by atoms with E-state index in [1.165, 1.54) is 5.56 Å². The minimum Gasteiger partial charge on any atom is -0.497 e. The first-order valence-corrected chi connectivity index (χ1v) is 5.59. The molecule has 0 atom stereocenters. The number of ether oxygens (including phenoxy) is 2. The maximum Gasteiger partial charge on any atom is 0.118 e. The van der Waals surface area contributed by atoms with Crippen molar-refractivity contribution < 1.29 is 9.47 Å². The highest BCUT2D eigenvalue weighted by Crippen LogP contribution is 2.15. The Morgan fingerprint density at radius 2 is 1.88 bits per heavy atom. The van der Waals surface area contributed by atoms with Gasteiger partial charge in [0, 0.05) is 6.42 Å². The lowest BCUT2D eigenvalue weighted by Crippen LogP contribution is -2.02. The fraction of sp³-hybridized carbons (Fsp3) is 0.429. The Morgan fingerprint density at radius 3 is 2.38 bits per heavy atom. The van der Waals surface area contributed by atoms with Crippen LogP contribution in [0.2, 0.25) is 0 Å². The molecule has 16 heavy (non-hydrogen) atoms. The molecule has 0 bridgehead atoms. The minimum absolute atomic E-state index is 0.211. The Kier molecular flexibility index (Phi) is 4.90. The van der Waals surface area contributed by atoms with E-state index in [0.717, 1.165) is 24.4 Å². The first kappa shape index (κ1) is 12.6. The van der Waals surface area contributed by atoms with Crippen LogP contribution in [-0.4, -0.2) is 13.2 Å². The predicted molar refractivity (Wildman–Crippen MR) is 66.7 cm³/mol. The van der Waals surface area contributed by atoms with Gasteiger partial charge < -0.3 is 9.47 Å². The Morgan fingerprint density at radius 1 is 1.25 bits per heavy atom. The van der Waals surface area contributed by atoms with E-state index in [0.29, 0.717) is 0 Å². The third kappa shape index (κ3) is 4.39. The molecule has 0 saturated carbocycles. The monoisotopic (exact) mass is 220 g/mol. The zero-order valence-electron chi connectivity index (χ0n) is 10.3. The van der Waals surface area contributed by atoms with E-state index in [1.807, 2.05) is 26.0 Å². The van der Waals surface area contributed by atoms with Crippen molar-refractivity contribution in [2.75, 3.05) is 7.11 Å². The summed E-state index contributed by atoms with van der Waals surface area (Å²) in [4.78, 5) is 0. The predicted octanol–water partition coefficient (Wildman–Crippen LogP) is 3.57. The number of methoxy groups -OCH3 is 1. The largest absolute Gasteiger partial charge is 0.497 e. The van der Waals surface area contributed by atoms with Gasteiger partial charge in [-0.3, -0.25) is 0 Å². The molecular weight excluding hydrogens is 200 g/mol. The van der Waals surface area contributed by atoms with E-state index < -0.39 is 0 Å². The van der Waals surface area contributed by atoms with Crippen molar-refractivity contribution >= 4 is 0 Å². The molecular formula is C14H20O2. The normalized spacial score (nSPS) is 10.2. The van der Waals surface area contributed by atoms with Crippen molar-refractivity contribution in [3.05, 3.63) is 42.2 Å². The third-order valence-electron chi connectivity index (χ3n) is 2.25. The fourth-order valence-electron chi connectivity index (χ4n) is 1.47. The summed E-state index contributed by atoms with van der Waals surface area (Å²) in [5, 5.41) is 0. The van der Waals surface area contributed by atoms with Crippen molar-refractivity contribution in [2.45, 2.75) is 32.8 Å². The lowest BCUT2D eigenvalue weighted by Gasteiger charge is -2.12. The summed E-state index contributed by atoms with van der Waals surface area (Å²) in [6.07, 6.45) is 2.03. The zero-order chi connectivity index (χ0) is 12.0. The van der Waals surface area contributed by atoms with Gasteiger partial charge in [0.1, 0.15) is 5.75 Å². The van der Waals surface area contributed by atoms with Crippen molar-refractivity contribution in [3.63, 3.8) is 0 Å². The summed E-state index contributed by atoms with van der Waals surface area (Å²) < 4.78 is 10.6. The molecule has 1 aromatic carbocycles. The van der Waals surface area contributed by atoms with E-state index in [4.69, 9.17) is 9.47 Å². The first-order valence-electron chi connectivity index (χ1n) is 5.59. The van der Waals surface area contributed by atoms with Gasteiger partial charge in [0.25, 0.3) is 0 Å². The molecule has 0 unspecified atom stereocenters. The van der Waals surface area contributed by atoms with Crippen LogP contribution in [0.4, 0.5) is 0 Å². The Hall–Kier alpha value is -1.44. The summed E-state index contributed by atoms with van der Waals surface area (Å²) in [5.41, 5.74) is 1.27. The fourth-order valence-corrected chi connectivity index (χ4v) is 1.47. The smallest absolute Gasteiger partial charge is 0.118 e. The summed E-state index contributed by atoms with van der Waals surface area (Å²) in [5.74, 6) is 1.74. The van der Waals surface area contributed by atoms with Crippen molar-refractivity contribution in [1.82, 2.24) is 0 Å². The van der Waals surface area contributed by atoms with E-state index in [-0.39, 0.29) is 6.10 Å². The molecule has 0 amide bonds. The number of rotatable bonds is 6. The molecule has 1 aromatic rings. The third-order valence-corrected chi connectivity index (χ3v) is 2.25. The van der Waals surface area contributed by atoms with E-state index in [1.54, 1.807) is 7.11 Å². The van der Waals surface area contributed by atoms with Gasteiger partial charge in [-0.1, -0.05) is 18.7 Å². The standard InChI is InChI=1S/C14H20O2/c1-11(2)16-12(3)5-6-13-7-9-14(15-4)10-8-13/h7-11H,3,5-6H2,1-2,4H3. The molecule has 2 nitrogen and oxygen atoms in total. The van der Waals surface area contributed by atoms with Gasteiger partial charge in [-0.05, 0) is 38.0 Å². The van der Waals surface area contributed by atoms with Crippen LogP contribution >= 0.6 is 0 Å². The van der Waals surface area contributed by atoms with Gasteiger partial charge in [0.05, 0.1) is 19.0 Å². The number of hydrogen-bond acceptors (Lipinski definition) is 2. The maximum absolute atomic E-state index is 5.50. The molecule has 0 fully saturated rings. The summed E-state index contributed by atoms with van der Waals surface area (Å²) in [7, 11) is 1.67. The Labute approximate surface area is 97.9 Å². The highest BCUT2D eigenvalue weighted by Gasteiger charge is 2.00. The number of hydrogen-bond donors (Lipinski definition) is 0. The lowest BCUT2D eigenvalue weighted by molar-refractivity contribution is 0.141. The molecule has 0 spiro atoms. The maximum atomic E-state index is 5.50. The van der Waals surface area contributed by atoms with Crippen molar-refractivity contribution in [3.8, 4) is 5.75 Å². The van der Waals surface area contributed by atoms with E-state index in [2.05, 4.69) is 18.7 Å². The van der Waals surface area contributed by atoms with Crippen LogP contribution in [0, 0.1) is 0 Å². The summed E-state index contributed by atoms with van der Waals surface area (Å²) in [6, 6.07) is 8.09. The summed E-state index contributed by atoms with van der Waals surface area (Å²) >= 11 is 0. The molecule has 1 rings (SSSR count). The molecule has 0 N–H and O–H groups in total. The van der Waals surface area contributed by atoms with Crippen LogP contribution in [-0.2, 0) is 11.2 Å². The molecule has 0 saturated heterocycles. The lowest BCUT2D eigenvalue weighted by atomic mass is 10.1. The van der Waals surface area contributed by atoms with Crippen LogP contribution in [0.3, 0.4) is 0 Å². The molecule has 2 heteroatoms. The van der Waals surface area contributed by atoms with E-state index in [9.17, 15) is 0 Å². The molecule has 0 aliphatic rings. The second kappa shape index (κ2) is 6.21. The van der Waals surface area contributed by atoms with Gasteiger partial charge in [-0.25, -0.2) is 0 Å². The Bertz CT molecular complexity index is 325. The SMILES string of the molecule is C=C(CCc1ccc(OC)cc1)OC(C)C. The molecule has 0 aliphatic carbocycles. The van der Waals surface area contributed by atoms with Crippen molar-refractivity contribution in [2.24, 2.45) is 0 Å². The molecule has 0 aromatic heterocycles.